The van der Waals surface area contributed by atoms with Crippen molar-refractivity contribution >= 4 is 0 Å². The SMILES string of the molecule is CCc1ccc(Cc2c(O[C@@H]3O[C@H](CO)[C@@H](O)[C@H](O)[C@H]3O)nn(Cc3ccccc3)c2C(F)(F)F)cc1. The van der Waals surface area contributed by atoms with E-state index in [4.69, 9.17) is 9.47 Å². The molecule has 5 atom stereocenters. The molecule has 1 aliphatic rings. The van der Waals surface area contributed by atoms with Crippen LogP contribution in [0.25, 0.3) is 0 Å². The number of rotatable bonds is 8. The molecule has 0 spiro atoms. The smallest absolute Gasteiger partial charge is 0.433 e. The Morgan fingerprint density at radius 3 is 2.16 bits per heavy atom. The molecule has 8 nitrogen and oxygen atoms in total. The number of benzene rings is 2. The zero-order chi connectivity index (χ0) is 26.7. The van der Waals surface area contributed by atoms with Crippen LogP contribution in [0.4, 0.5) is 13.2 Å². The maximum Gasteiger partial charge on any atom is 0.433 e. The zero-order valence-corrected chi connectivity index (χ0v) is 20.0. The summed E-state index contributed by atoms with van der Waals surface area (Å²) in [4.78, 5) is 0. The highest BCUT2D eigenvalue weighted by atomic mass is 19.4. The first-order chi connectivity index (χ1) is 17.6. The lowest BCUT2D eigenvalue weighted by Crippen LogP contribution is -2.60. The second-order valence-corrected chi connectivity index (χ2v) is 8.94. The van der Waals surface area contributed by atoms with Crippen molar-refractivity contribution in [1.82, 2.24) is 9.78 Å². The maximum atomic E-state index is 14.4. The van der Waals surface area contributed by atoms with Gasteiger partial charge in [-0.1, -0.05) is 61.5 Å². The Morgan fingerprint density at radius 2 is 1.57 bits per heavy atom. The number of hydrogen-bond acceptors (Lipinski definition) is 7. The highest BCUT2D eigenvalue weighted by Gasteiger charge is 2.46. The van der Waals surface area contributed by atoms with Crippen LogP contribution in [0.15, 0.2) is 54.6 Å². The summed E-state index contributed by atoms with van der Waals surface area (Å²) in [5.74, 6) is -0.438. The van der Waals surface area contributed by atoms with Crippen LogP contribution >= 0.6 is 0 Å². The van der Waals surface area contributed by atoms with Crippen LogP contribution < -0.4 is 4.74 Å². The van der Waals surface area contributed by atoms with E-state index in [0.29, 0.717) is 11.1 Å². The van der Waals surface area contributed by atoms with E-state index < -0.39 is 55.1 Å². The van der Waals surface area contributed by atoms with Gasteiger partial charge in [0.1, 0.15) is 30.1 Å². The van der Waals surface area contributed by atoms with Crippen LogP contribution in [0, 0.1) is 0 Å². The van der Waals surface area contributed by atoms with E-state index in [-0.39, 0.29) is 18.5 Å². The molecule has 11 heteroatoms. The summed E-state index contributed by atoms with van der Waals surface area (Å²) in [5, 5.41) is 44.1. The maximum absolute atomic E-state index is 14.4. The highest BCUT2D eigenvalue weighted by Crippen LogP contribution is 2.39. The molecule has 1 aliphatic heterocycles. The Bertz CT molecular complexity index is 1170. The zero-order valence-electron chi connectivity index (χ0n) is 20.0. The average Bonchev–Trinajstić information content (AvgIpc) is 3.21. The summed E-state index contributed by atoms with van der Waals surface area (Å²) < 4.78 is 55.1. The van der Waals surface area contributed by atoms with E-state index in [2.05, 4.69) is 5.10 Å². The molecule has 0 radical (unpaired) electrons. The van der Waals surface area contributed by atoms with Crippen LogP contribution in [0.2, 0.25) is 0 Å². The molecule has 1 aromatic heterocycles. The van der Waals surface area contributed by atoms with Crippen LogP contribution in [0.3, 0.4) is 0 Å². The minimum Gasteiger partial charge on any atom is -0.443 e. The molecule has 1 fully saturated rings. The number of aliphatic hydroxyl groups is 4. The summed E-state index contributed by atoms with van der Waals surface area (Å²) in [6, 6.07) is 15.6. The Morgan fingerprint density at radius 1 is 0.919 bits per heavy atom. The van der Waals surface area contributed by atoms with E-state index >= 15 is 0 Å². The van der Waals surface area contributed by atoms with Crippen LogP contribution in [-0.4, -0.2) is 67.5 Å². The number of nitrogens with zero attached hydrogens (tertiary/aromatic N) is 2. The fourth-order valence-electron chi connectivity index (χ4n) is 4.29. The number of aromatic nitrogens is 2. The Balaban J connectivity index is 1.77. The molecule has 0 aliphatic carbocycles. The number of aryl methyl sites for hydroxylation is 1. The van der Waals surface area contributed by atoms with Crippen molar-refractivity contribution in [2.45, 2.75) is 63.2 Å². The summed E-state index contributed by atoms with van der Waals surface area (Å²) in [5.41, 5.74) is 0.895. The van der Waals surface area contributed by atoms with Crippen molar-refractivity contribution in [3.05, 3.63) is 82.5 Å². The molecule has 2 aromatic carbocycles. The van der Waals surface area contributed by atoms with Gasteiger partial charge < -0.3 is 29.9 Å². The lowest BCUT2D eigenvalue weighted by Gasteiger charge is -2.39. The topological polar surface area (TPSA) is 117 Å². The van der Waals surface area contributed by atoms with Crippen molar-refractivity contribution in [3.8, 4) is 5.88 Å². The summed E-state index contributed by atoms with van der Waals surface area (Å²) in [7, 11) is 0. The van der Waals surface area contributed by atoms with Gasteiger partial charge in [0.2, 0.25) is 12.2 Å². The normalized spacial score (nSPS) is 24.3. The first-order valence-electron chi connectivity index (χ1n) is 11.9. The summed E-state index contributed by atoms with van der Waals surface area (Å²) in [6.45, 7) is 1.06. The van der Waals surface area contributed by atoms with Crippen LogP contribution in [0.5, 0.6) is 5.88 Å². The molecule has 0 amide bonds. The van der Waals surface area contributed by atoms with Crippen molar-refractivity contribution in [2.24, 2.45) is 0 Å². The van der Waals surface area contributed by atoms with Crippen molar-refractivity contribution < 1.29 is 43.1 Å². The Kier molecular flexibility index (Phi) is 8.20. The fraction of sp³-hybridized carbons (Fsp3) is 0.423. The molecular weight excluding hydrogens is 493 g/mol. The van der Waals surface area contributed by atoms with Gasteiger partial charge in [0, 0.05) is 6.42 Å². The summed E-state index contributed by atoms with van der Waals surface area (Å²) in [6.07, 6.45) is -12.4. The predicted octanol–water partition coefficient (Wildman–Crippen LogP) is 2.28. The molecule has 3 aromatic rings. The van der Waals surface area contributed by atoms with Crippen LogP contribution in [-0.2, 0) is 30.3 Å². The Labute approximate surface area is 211 Å². The van der Waals surface area contributed by atoms with Gasteiger partial charge in [-0.15, -0.1) is 5.10 Å². The molecule has 4 rings (SSSR count). The molecule has 0 unspecified atom stereocenters. The van der Waals surface area contributed by atoms with Gasteiger partial charge in [0.15, 0.2) is 0 Å². The van der Waals surface area contributed by atoms with Gasteiger partial charge in [0.05, 0.1) is 18.7 Å². The second-order valence-electron chi connectivity index (χ2n) is 8.94. The first-order valence-corrected chi connectivity index (χ1v) is 11.9. The molecular formula is C26H29F3N2O6. The minimum atomic E-state index is -4.79. The number of hydrogen-bond donors (Lipinski definition) is 4. The van der Waals surface area contributed by atoms with Gasteiger partial charge in [-0.25, -0.2) is 0 Å². The largest absolute Gasteiger partial charge is 0.443 e. The van der Waals surface area contributed by atoms with Gasteiger partial charge in [0.25, 0.3) is 0 Å². The van der Waals surface area contributed by atoms with Crippen molar-refractivity contribution in [3.63, 3.8) is 0 Å². The van der Waals surface area contributed by atoms with Crippen molar-refractivity contribution in [2.75, 3.05) is 6.61 Å². The minimum absolute atomic E-state index is 0.180. The number of halogens is 3. The van der Waals surface area contributed by atoms with E-state index in [0.717, 1.165) is 16.7 Å². The third-order valence-electron chi connectivity index (χ3n) is 6.35. The van der Waals surface area contributed by atoms with Gasteiger partial charge >= 0.3 is 6.18 Å². The number of ether oxygens (including phenoxy) is 2. The third kappa shape index (κ3) is 5.97. The molecule has 0 bridgehead atoms. The van der Waals surface area contributed by atoms with E-state index in [1.807, 2.05) is 19.1 Å². The fourth-order valence-corrected chi connectivity index (χ4v) is 4.29. The standard InChI is InChI=1S/C26H29F3N2O6/c1-2-15-8-10-16(11-9-15)12-18-23(26(27,28)29)31(13-17-6-4-3-5-7-17)30-24(18)37-25-22(35)21(34)20(33)19(14-32)36-25/h3-11,19-22,25,32-35H,2,12-14H2,1H3/t19-,20-,21+,22-,25+/m1/s1. The van der Waals surface area contributed by atoms with E-state index in [1.165, 1.54) is 0 Å². The van der Waals surface area contributed by atoms with Crippen molar-refractivity contribution in [1.29, 1.82) is 0 Å². The van der Waals surface area contributed by atoms with Gasteiger partial charge in [-0.2, -0.15) is 13.2 Å². The lowest BCUT2D eigenvalue weighted by molar-refractivity contribution is -0.278. The molecule has 37 heavy (non-hydrogen) atoms. The molecule has 2 heterocycles. The van der Waals surface area contributed by atoms with E-state index in [9.17, 15) is 33.6 Å². The molecule has 0 saturated carbocycles. The number of alkyl halides is 3. The van der Waals surface area contributed by atoms with Gasteiger partial charge in [-0.3, -0.25) is 4.68 Å². The monoisotopic (exact) mass is 522 g/mol. The molecule has 4 N–H and O–H groups in total. The quantitative estimate of drug-likeness (QED) is 0.359. The second kappa shape index (κ2) is 11.2. The molecule has 200 valence electrons. The lowest BCUT2D eigenvalue weighted by atomic mass is 9.99. The average molecular weight is 523 g/mol. The summed E-state index contributed by atoms with van der Waals surface area (Å²) >= 11 is 0. The Hall–Kier alpha value is -2.96. The van der Waals surface area contributed by atoms with Crippen LogP contribution in [0.1, 0.15) is 34.9 Å². The number of aliphatic hydroxyl groups excluding tert-OH is 4. The third-order valence-corrected chi connectivity index (χ3v) is 6.35. The predicted molar refractivity (Wildman–Crippen MR) is 126 cm³/mol. The highest BCUT2D eigenvalue weighted by molar-refractivity contribution is 5.39. The first kappa shape index (κ1) is 27.1. The van der Waals surface area contributed by atoms with Gasteiger partial charge in [-0.05, 0) is 23.1 Å². The van der Waals surface area contributed by atoms with E-state index in [1.54, 1.807) is 42.5 Å². The molecule has 1 saturated heterocycles.